The quantitative estimate of drug-likeness (QED) is 0.244. The van der Waals surface area contributed by atoms with Gasteiger partial charge in [-0.2, -0.15) is 0 Å². The normalized spacial score (nSPS) is 11.7. The van der Waals surface area contributed by atoms with E-state index in [1.165, 1.54) is 54.6 Å². The minimum Gasteiger partial charge on any atom is -0.0843 e. The first kappa shape index (κ1) is 17.8. The fraction of sp³-hybridized carbons (Fsp3) is 0. The summed E-state index contributed by atoms with van der Waals surface area (Å²) >= 11 is 12.2. The Morgan fingerprint density at radius 1 is 0.367 bits per heavy atom. The average Bonchev–Trinajstić information content (AvgIpc) is 2.78. The Morgan fingerprint density at radius 2 is 0.733 bits per heavy atom. The molecule has 0 saturated heterocycles. The summed E-state index contributed by atoms with van der Waals surface area (Å²) in [6.45, 7) is 0. The van der Waals surface area contributed by atoms with Crippen LogP contribution in [0.2, 0.25) is 10.0 Å². The minimum atomic E-state index is 0.754. The summed E-state index contributed by atoms with van der Waals surface area (Å²) < 4.78 is 0. The molecule has 142 valence electrons. The van der Waals surface area contributed by atoms with E-state index in [1.54, 1.807) is 0 Å². The first-order valence-electron chi connectivity index (χ1n) is 9.91. The van der Waals surface area contributed by atoms with Crippen molar-refractivity contribution in [2.75, 3.05) is 0 Å². The van der Waals surface area contributed by atoms with Gasteiger partial charge in [-0.15, -0.1) is 0 Å². The zero-order chi connectivity index (χ0) is 20.2. The van der Waals surface area contributed by atoms with E-state index in [9.17, 15) is 0 Å². The maximum atomic E-state index is 6.12. The highest BCUT2D eigenvalue weighted by molar-refractivity contribution is 6.31. The van der Waals surface area contributed by atoms with E-state index < -0.39 is 0 Å². The second-order valence-electron chi connectivity index (χ2n) is 7.66. The number of rotatable bonds is 2. The highest BCUT2D eigenvalue weighted by Gasteiger charge is 2.14. The molecular weight excluding hydrogens is 407 g/mol. The molecular formula is C28H16Cl2. The maximum absolute atomic E-state index is 6.12. The maximum Gasteiger partial charge on any atom is 0.0406 e. The van der Waals surface area contributed by atoms with Crippen LogP contribution in [0.3, 0.4) is 0 Å². The van der Waals surface area contributed by atoms with E-state index in [1.807, 2.05) is 24.3 Å². The molecule has 0 nitrogen and oxygen atoms in total. The molecule has 6 rings (SSSR count). The Balaban J connectivity index is 1.71. The topological polar surface area (TPSA) is 0 Å². The number of hydrogen-bond donors (Lipinski definition) is 0. The highest BCUT2D eigenvalue weighted by atomic mass is 35.5. The van der Waals surface area contributed by atoms with Gasteiger partial charge in [-0.1, -0.05) is 96.0 Å². The molecule has 0 atom stereocenters. The lowest BCUT2D eigenvalue weighted by atomic mass is 9.87. The molecule has 30 heavy (non-hydrogen) atoms. The van der Waals surface area contributed by atoms with E-state index in [0.717, 1.165) is 10.0 Å². The molecule has 0 aliphatic heterocycles. The van der Waals surface area contributed by atoms with Crippen molar-refractivity contribution in [3.8, 4) is 22.3 Å². The zero-order valence-electron chi connectivity index (χ0n) is 16.0. The van der Waals surface area contributed by atoms with Crippen LogP contribution >= 0.6 is 23.2 Å². The van der Waals surface area contributed by atoms with Crippen LogP contribution < -0.4 is 0 Å². The third kappa shape index (κ3) is 2.69. The van der Waals surface area contributed by atoms with Gasteiger partial charge in [0, 0.05) is 10.0 Å². The highest BCUT2D eigenvalue weighted by Crippen LogP contribution is 2.42. The molecule has 0 saturated carbocycles. The van der Waals surface area contributed by atoms with E-state index >= 15 is 0 Å². The number of benzene rings is 6. The van der Waals surface area contributed by atoms with Gasteiger partial charge in [-0.3, -0.25) is 0 Å². The molecule has 0 radical (unpaired) electrons. The molecule has 0 heterocycles. The summed E-state index contributed by atoms with van der Waals surface area (Å²) in [6, 6.07) is 34.0. The Morgan fingerprint density at radius 3 is 1.13 bits per heavy atom. The molecule has 0 N–H and O–H groups in total. The van der Waals surface area contributed by atoms with Crippen molar-refractivity contribution in [1.29, 1.82) is 0 Å². The first-order chi connectivity index (χ1) is 14.7. The van der Waals surface area contributed by atoms with E-state index in [2.05, 4.69) is 72.8 Å². The molecule has 6 aromatic rings. The third-order valence-corrected chi connectivity index (χ3v) is 6.48. The summed E-state index contributed by atoms with van der Waals surface area (Å²) in [5, 5.41) is 9.18. The standard InChI is InChI=1S/C28H16Cl2/c29-21-9-1-17(2-10-21)23-13-5-19-8-16-26-24(18-3-11-22(30)12-4-18)14-6-20-7-15-25(23)27(19)28(20)26/h1-16H. The monoisotopic (exact) mass is 422 g/mol. The molecule has 0 amide bonds. The van der Waals surface area contributed by atoms with Crippen molar-refractivity contribution in [3.63, 3.8) is 0 Å². The van der Waals surface area contributed by atoms with Crippen LogP contribution in [0.1, 0.15) is 0 Å². The summed E-state index contributed by atoms with van der Waals surface area (Å²) in [6.07, 6.45) is 0. The van der Waals surface area contributed by atoms with Gasteiger partial charge in [0.05, 0.1) is 0 Å². The lowest BCUT2D eigenvalue weighted by Crippen LogP contribution is -1.89. The third-order valence-electron chi connectivity index (χ3n) is 5.98. The fourth-order valence-corrected chi connectivity index (χ4v) is 4.82. The minimum absolute atomic E-state index is 0.754. The van der Waals surface area contributed by atoms with Gasteiger partial charge in [-0.05, 0) is 78.8 Å². The Kier molecular flexibility index (Phi) is 3.99. The second-order valence-corrected chi connectivity index (χ2v) is 8.54. The molecule has 0 spiro atoms. The van der Waals surface area contributed by atoms with Crippen LogP contribution in [-0.2, 0) is 0 Å². The molecule has 0 aliphatic rings. The van der Waals surface area contributed by atoms with Crippen molar-refractivity contribution in [1.82, 2.24) is 0 Å². The van der Waals surface area contributed by atoms with Crippen LogP contribution in [0, 0.1) is 0 Å². The lowest BCUT2D eigenvalue weighted by Gasteiger charge is -2.16. The lowest BCUT2D eigenvalue weighted by molar-refractivity contribution is 1.65. The van der Waals surface area contributed by atoms with Crippen LogP contribution in [-0.4, -0.2) is 0 Å². The number of halogens is 2. The first-order valence-corrected chi connectivity index (χ1v) is 10.7. The molecule has 0 bridgehead atoms. The number of hydrogen-bond acceptors (Lipinski definition) is 0. The van der Waals surface area contributed by atoms with Crippen molar-refractivity contribution < 1.29 is 0 Å². The summed E-state index contributed by atoms with van der Waals surface area (Å²) in [5.74, 6) is 0. The molecule has 0 aliphatic carbocycles. The molecule has 0 unspecified atom stereocenters. The predicted octanol–water partition coefficient (Wildman–Crippen LogP) is 9.22. The van der Waals surface area contributed by atoms with Crippen LogP contribution in [0.15, 0.2) is 97.1 Å². The van der Waals surface area contributed by atoms with E-state index in [0.29, 0.717) is 0 Å². The summed E-state index contributed by atoms with van der Waals surface area (Å²) in [4.78, 5) is 0. The SMILES string of the molecule is Clc1ccc(-c2ccc3ccc4c(-c5ccc(Cl)cc5)ccc5ccc2c3c54)cc1. The van der Waals surface area contributed by atoms with Crippen molar-refractivity contribution in [2.24, 2.45) is 0 Å². The Bertz CT molecular complexity index is 1410. The summed E-state index contributed by atoms with van der Waals surface area (Å²) in [7, 11) is 0. The predicted molar refractivity (Wildman–Crippen MR) is 131 cm³/mol. The van der Waals surface area contributed by atoms with E-state index in [4.69, 9.17) is 23.2 Å². The van der Waals surface area contributed by atoms with Gasteiger partial charge in [0.25, 0.3) is 0 Å². The molecule has 0 aromatic heterocycles. The second kappa shape index (κ2) is 6.74. The fourth-order valence-electron chi connectivity index (χ4n) is 4.56. The van der Waals surface area contributed by atoms with Gasteiger partial charge >= 0.3 is 0 Å². The molecule has 2 heteroatoms. The zero-order valence-corrected chi connectivity index (χ0v) is 17.5. The van der Waals surface area contributed by atoms with Gasteiger partial charge in [0.1, 0.15) is 0 Å². The average molecular weight is 423 g/mol. The molecule has 6 aromatic carbocycles. The van der Waals surface area contributed by atoms with Gasteiger partial charge in [0.2, 0.25) is 0 Å². The van der Waals surface area contributed by atoms with Gasteiger partial charge in [-0.25, -0.2) is 0 Å². The smallest absolute Gasteiger partial charge is 0.0406 e. The van der Waals surface area contributed by atoms with Gasteiger partial charge < -0.3 is 0 Å². The van der Waals surface area contributed by atoms with E-state index in [-0.39, 0.29) is 0 Å². The van der Waals surface area contributed by atoms with Crippen LogP contribution in [0.4, 0.5) is 0 Å². The van der Waals surface area contributed by atoms with Crippen molar-refractivity contribution in [2.45, 2.75) is 0 Å². The van der Waals surface area contributed by atoms with Crippen LogP contribution in [0.25, 0.3) is 54.6 Å². The Hall–Kier alpha value is -3.06. The van der Waals surface area contributed by atoms with Gasteiger partial charge in [0.15, 0.2) is 0 Å². The van der Waals surface area contributed by atoms with Crippen molar-refractivity contribution >= 4 is 55.5 Å². The summed E-state index contributed by atoms with van der Waals surface area (Å²) in [5.41, 5.74) is 4.81. The largest absolute Gasteiger partial charge is 0.0843 e. The molecule has 0 fully saturated rings. The van der Waals surface area contributed by atoms with Crippen molar-refractivity contribution in [3.05, 3.63) is 107 Å². The van der Waals surface area contributed by atoms with Crippen LogP contribution in [0.5, 0.6) is 0 Å². The Labute approximate surface area is 184 Å².